The first-order valence-corrected chi connectivity index (χ1v) is 10.4. The van der Waals surface area contributed by atoms with Crippen LogP contribution >= 0.6 is 0 Å². The summed E-state index contributed by atoms with van der Waals surface area (Å²) < 4.78 is 0. The Balaban J connectivity index is 1.56. The maximum Gasteiger partial charge on any atom is 0.254 e. The van der Waals surface area contributed by atoms with Gasteiger partial charge in [0.2, 0.25) is 5.91 Å². The highest BCUT2D eigenvalue weighted by Crippen LogP contribution is 2.25. The molecule has 7 nitrogen and oxygen atoms in total. The van der Waals surface area contributed by atoms with Crippen molar-refractivity contribution in [2.45, 2.75) is 57.2 Å². The molecule has 1 saturated carbocycles. The van der Waals surface area contributed by atoms with Gasteiger partial charge in [-0.1, -0.05) is 19.3 Å². The molecule has 2 aliphatic rings. The zero-order chi connectivity index (χ0) is 20.4. The van der Waals surface area contributed by atoms with Crippen molar-refractivity contribution in [2.75, 3.05) is 19.0 Å². The molecule has 0 radical (unpaired) electrons. The summed E-state index contributed by atoms with van der Waals surface area (Å²) in [5.41, 5.74) is 3.41. The van der Waals surface area contributed by atoms with E-state index in [1.54, 1.807) is 11.2 Å². The molecule has 2 amide bonds. The number of fused-ring (bicyclic) bond motifs is 1. The van der Waals surface area contributed by atoms with Crippen LogP contribution in [0.15, 0.2) is 30.6 Å². The molecule has 0 spiro atoms. The van der Waals surface area contributed by atoms with Crippen LogP contribution in [0, 0.1) is 0 Å². The van der Waals surface area contributed by atoms with Gasteiger partial charge in [0.1, 0.15) is 6.04 Å². The molecule has 154 valence electrons. The fraction of sp³-hybridized carbons (Fsp3) is 0.500. The van der Waals surface area contributed by atoms with Crippen molar-refractivity contribution in [2.24, 2.45) is 0 Å². The van der Waals surface area contributed by atoms with Crippen molar-refractivity contribution in [3.05, 3.63) is 47.5 Å². The summed E-state index contributed by atoms with van der Waals surface area (Å²) in [5, 5.41) is 3.19. The van der Waals surface area contributed by atoms with Crippen LogP contribution in [0.3, 0.4) is 0 Å². The fourth-order valence-corrected chi connectivity index (χ4v) is 4.30. The smallest absolute Gasteiger partial charge is 0.254 e. The lowest BCUT2D eigenvalue weighted by molar-refractivity contribution is -0.127. The number of imidazole rings is 1. The number of aromatic nitrogens is 2. The molecule has 0 unspecified atom stereocenters. The van der Waals surface area contributed by atoms with Gasteiger partial charge in [-0.15, -0.1) is 0 Å². The van der Waals surface area contributed by atoms with E-state index in [4.69, 9.17) is 0 Å². The monoisotopic (exact) mass is 395 g/mol. The van der Waals surface area contributed by atoms with Crippen LogP contribution in [0.4, 0.5) is 5.69 Å². The first-order chi connectivity index (χ1) is 14.0. The molecule has 0 saturated heterocycles. The number of H-pyrrole nitrogens is 1. The number of carbonyl (C=O) groups is 2. The van der Waals surface area contributed by atoms with E-state index in [2.05, 4.69) is 15.3 Å². The number of amides is 2. The summed E-state index contributed by atoms with van der Waals surface area (Å²) in [4.78, 5) is 37.6. The summed E-state index contributed by atoms with van der Waals surface area (Å²) in [5.74, 6) is -0.192. The number of nitrogens with one attached hydrogen (secondary N) is 2. The SMILES string of the molecule is CN(C)c1ccc(C(=O)N2Cc3[nH]cnc3C[C@H]2C(=O)NC2CCCCC2)cc1. The van der Waals surface area contributed by atoms with Crippen LogP contribution in [0.25, 0.3) is 0 Å². The average Bonchev–Trinajstić information content (AvgIpc) is 3.20. The van der Waals surface area contributed by atoms with E-state index in [0.717, 1.165) is 42.8 Å². The first-order valence-electron chi connectivity index (χ1n) is 10.4. The van der Waals surface area contributed by atoms with E-state index in [1.165, 1.54) is 6.42 Å². The highest BCUT2D eigenvalue weighted by Gasteiger charge is 2.37. The van der Waals surface area contributed by atoms with E-state index < -0.39 is 6.04 Å². The summed E-state index contributed by atoms with van der Waals surface area (Å²) >= 11 is 0. The van der Waals surface area contributed by atoms with Gasteiger partial charge in [0, 0.05) is 37.8 Å². The van der Waals surface area contributed by atoms with Crippen molar-refractivity contribution in [3.63, 3.8) is 0 Å². The van der Waals surface area contributed by atoms with Crippen LogP contribution in [-0.2, 0) is 17.8 Å². The molecule has 2 aromatic rings. The number of rotatable bonds is 4. The van der Waals surface area contributed by atoms with E-state index in [9.17, 15) is 9.59 Å². The number of nitrogens with zero attached hydrogens (tertiary/aromatic N) is 3. The molecular formula is C22H29N5O2. The van der Waals surface area contributed by atoms with Crippen LogP contribution in [0.2, 0.25) is 0 Å². The maximum atomic E-state index is 13.3. The zero-order valence-electron chi connectivity index (χ0n) is 17.1. The molecule has 29 heavy (non-hydrogen) atoms. The van der Waals surface area contributed by atoms with Crippen LogP contribution in [0.5, 0.6) is 0 Å². The first kappa shape index (κ1) is 19.5. The molecule has 7 heteroatoms. The predicted molar refractivity (Wildman–Crippen MR) is 112 cm³/mol. The number of hydrogen-bond donors (Lipinski definition) is 2. The quantitative estimate of drug-likeness (QED) is 0.833. The van der Waals surface area contributed by atoms with Crippen LogP contribution in [-0.4, -0.2) is 52.9 Å². The van der Waals surface area contributed by atoms with E-state index in [0.29, 0.717) is 18.5 Å². The Hall–Kier alpha value is -2.83. The molecule has 1 fully saturated rings. The van der Waals surface area contributed by atoms with Gasteiger partial charge in [-0.2, -0.15) is 0 Å². The minimum atomic E-state index is -0.534. The van der Waals surface area contributed by atoms with Gasteiger partial charge in [0.25, 0.3) is 5.91 Å². The third-order valence-electron chi connectivity index (χ3n) is 6.04. The molecule has 2 N–H and O–H groups in total. The lowest BCUT2D eigenvalue weighted by Gasteiger charge is -2.35. The third-order valence-corrected chi connectivity index (χ3v) is 6.04. The molecule has 0 bridgehead atoms. The molecule has 1 aromatic carbocycles. The second kappa shape index (κ2) is 8.27. The van der Waals surface area contributed by atoms with E-state index in [1.807, 2.05) is 43.3 Å². The minimum absolute atomic E-state index is 0.0659. The third kappa shape index (κ3) is 4.13. The molecular weight excluding hydrogens is 366 g/mol. The van der Waals surface area contributed by atoms with Gasteiger partial charge in [-0.3, -0.25) is 9.59 Å². The topological polar surface area (TPSA) is 81.3 Å². The largest absolute Gasteiger partial charge is 0.378 e. The highest BCUT2D eigenvalue weighted by molar-refractivity contribution is 5.98. The van der Waals surface area contributed by atoms with Gasteiger partial charge < -0.3 is 20.1 Å². The Morgan fingerprint density at radius 2 is 1.86 bits per heavy atom. The van der Waals surface area contributed by atoms with E-state index in [-0.39, 0.29) is 17.9 Å². The van der Waals surface area contributed by atoms with Crippen LogP contribution < -0.4 is 10.2 Å². The van der Waals surface area contributed by atoms with Gasteiger partial charge in [0.15, 0.2) is 0 Å². The lowest BCUT2D eigenvalue weighted by Crippen LogP contribution is -2.54. The highest BCUT2D eigenvalue weighted by atomic mass is 16.2. The Kier molecular flexibility index (Phi) is 5.56. The normalized spacial score (nSPS) is 19.5. The average molecular weight is 396 g/mol. The van der Waals surface area contributed by atoms with E-state index >= 15 is 0 Å². The van der Waals surface area contributed by atoms with Crippen molar-refractivity contribution in [1.82, 2.24) is 20.2 Å². The molecule has 1 atom stereocenters. The van der Waals surface area contributed by atoms with Gasteiger partial charge in [-0.05, 0) is 37.1 Å². The Labute approximate surface area is 171 Å². The van der Waals surface area contributed by atoms with Crippen molar-refractivity contribution >= 4 is 17.5 Å². The second-order valence-electron chi connectivity index (χ2n) is 8.27. The van der Waals surface area contributed by atoms with Crippen molar-refractivity contribution < 1.29 is 9.59 Å². The predicted octanol–water partition coefficient (Wildman–Crippen LogP) is 2.49. The maximum absolute atomic E-state index is 13.3. The Morgan fingerprint density at radius 1 is 1.14 bits per heavy atom. The summed E-state index contributed by atoms with van der Waals surface area (Å²) in [6.45, 7) is 0.367. The Bertz CT molecular complexity index is 868. The summed E-state index contributed by atoms with van der Waals surface area (Å²) in [6, 6.07) is 7.19. The standard InChI is InChI=1S/C22H29N5O2/c1-26(2)17-10-8-15(9-11-17)22(29)27-13-19-18(23-14-24-19)12-20(27)21(28)25-16-6-4-3-5-7-16/h8-11,14,16,20H,3-7,12-13H2,1-2H3,(H,23,24)(H,25,28)/t20-/m0/s1. The number of carbonyl (C=O) groups excluding carboxylic acids is 2. The summed E-state index contributed by atoms with van der Waals surface area (Å²) in [6.07, 6.45) is 7.66. The summed E-state index contributed by atoms with van der Waals surface area (Å²) in [7, 11) is 3.93. The second-order valence-corrected chi connectivity index (χ2v) is 8.27. The van der Waals surface area contributed by atoms with Crippen molar-refractivity contribution in [3.8, 4) is 0 Å². The lowest BCUT2D eigenvalue weighted by atomic mass is 9.94. The zero-order valence-corrected chi connectivity index (χ0v) is 17.1. The fourth-order valence-electron chi connectivity index (χ4n) is 4.30. The molecule has 1 aliphatic heterocycles. The number of hydrogen-bond acceptors (Lipinski definition) is 4. The Morgan fingerprint density at radius 3 is 2.55 bits per heavy atom. The number of benzene rings is 1. The minimum Gasteiger partial charge on any atom is -0.378 e. The molecule has 1 aliphatic carbocycles. The van der Waals surface area contributed by atoms with Crippen LogP contribution in [0.1, 0.15) is 53.8 Å². The van der Waals surface area contributed by atoms with Crippen molar-refractivity contribution in [1.29, 1.82) is 0 Å². The molecule has 1 aromatic heterocycles. The van der Waals surface area contributed by atoms with Gasteiger partial charge >= 0.3 is 0 Å². The van der Waals surface area contributed by atoms with Gasteiger partial charge in [0.05, 0.1) is 24.3 Å². The number of anilines is 1. The number of aromatic amines is 1. The molecule has 2 heterocycles. The van der Waals surface area contributed by atoms with Gasteiger partial charge in [-0.25, -0.2) is 4.98 Å². The molecule has 4 rings (SSSR count).